The zero-order valence-electron chi connectivity index (χ0n) is 12.3. The maximum Gasteiger partial charge on any atom is 0.488 e. The van der Waals surface area contributed by atoms with Gasteiger partial charge in [-0.25, -0.2) is 4.39 Å². The fourth-order valence-corrected chi connectivity index (χ4v) is 4.09. The lowest BCUT2D eigenvalue weighted by atomic mass is 9.76. The van der Waals surface area contributed by atoms with E-state index in [4.69, 9.17) is 0 Å². The van der Waals surface area contributed by atoms with Gasteiger partial charge in [0.2, 0.25) is 0 Å². The van der Waals surface area contributed by atoms with Crippen LogP contribution in [0.2, 0.25) is 0 Å². The Kier molecular flexibility index (Phi) is 4.62. The Hall–Kier alpha value is -0.905. The topological polar surface area (TPSA) is 43.7 Å². The molecule has 0 spiro atoms. The Morgan fingerprint density at radius 1 is 1.14 bits per heavy atom. The van der Waals surface area contributed by atoms with E-state index in [1.54, 1.807) is 6.07 Å². The summed E-state index contributed by atoms with van der Waals surface area (Å²) in [5.74, 6) is 0.367. The maximum atomic E-state index is 13.3. The van der Waals surface area contributed by atoms with E-state index in [9.17, 15) is 14.4 Å². The van der Waals surface area contributed by atoms with Gasteiger partial charge in [0.1, 0.15) is 5.82 Å². The molecule has 0 radical (unpaired) electrons. The van der Waals surface area contributed by atoms with E-state index in [1.807, 2.05) is 0 Å². The number of nitrogens with zero attached hydrogens (tertiary/aromatic N) is 1. The number of hydrogen-bond donors (Lipinski definition) is 2. The van der Waals surface area contributed by atoms with Crippen LogP contribution >= 0.6 is 0 Å². The Balaban J connectivity index is 1.76. The highest BCUT2D eigenvalue weighted by Crippen LogP contribution is 2.35. The fraction of sp³-hybridized carbons (Fsp3) is 0.625. The lowest BCUT2D eigenvalue weighted by molar-refractivity contribution is 0.183. The molecule has 2 N–H and O–H groups in total. The summed E-state index contributed by atoms with van der Waals surface area (Å²) >= 11 is 0. The van der Waals surface area contributed by atoms with Gasteiger partial charge in [-0.05, 0) is 61.3 Å². The second-order valence-electron chi connectivity index (χ2n) is 6.44. The van der Waals surface area contributed by atoms with Gasteiger partial charge in [0.05, 0.1) is 0 Å². The van der Waals surface area contributed by atoms with Crippen LogP contribution in [0.25, 0.3) is 0 Å². The largest absolute Gasteiger partial charge is 0.488 e. The Labute approximate surface area is 125 Å². The van der Waals surface area contributed by atoms with Crippen molar-refractivity contribution in [2.45, 2.75) is 51.1 Å². The highest BCUT2D eigenvalue weighted by atomic mass is 19.1. The molecular weight excluding hydrogens is 268 g/mol. The molecule has 114 valence electrons. The van der Waals surface area contributed by atoms with E-state index >= 15 is 0 Å². The quantitative estimate of drug-likeness (QED) is 0.829. The molecule has 1 saturated carbocycles. The maximum absolute atomic E-state index is 13.3. The minimum Gasteiger partial charge on any atom is -0.423 e. The van der Waals surface area contributed by atoms with Gasteiger partial charge in [-0.2, -0.15) is 0 Å². The van der Waals surface area contributed by atoms with Crippen LogP contribution in [-0.4, -0.2) is 34.7 Å². The summed E-state index contributed by atoms with van der Waals surface area (Å²) in [5, 5.41) is 18.9. The van der Waals surface area contributed by atoms with Crippen LogP contribution < -0.4 is 5.46 Å². The number of likely N-dealkylation sites (tertiary alicyclic amines) is 1. The normalized spacial score (nSPS) is 23.9. The third kappa shape index (κ3) is 3.30. The molecule has 1 heterocycles. The zero-order valence-corrected chi connectivity index (χ0v) is 12.3. The first kappa shape index (κ1) is 15.0. The van der Waals surface area contributed by atoms with Crippen molar-refractivity contribution in [3.05, 3.63) is 29.6 Å². The standard InChI is InChI=1S/C16H23BFNO2/c18-14-8-7-13(15(10-14)17(20)21)11-19-9-3-6-16(19)12-4-1-2-5-12/h7-8,10,12,16,20-21H,1-6,9,11H2. The number of benzene rings is 1. The van der Waals surface area contributed by atoms with Gasteiger partial charge in [0.15, 0.2) is 0 Å². The van der Waals surface area contributed by atoms with Crippen molar-refractivity contribution in [2.24, 2.45) is 5.92 Å². The molecule has 1 aliphatic carbocycles. The van der Waals surface area contributed by atoms with Crippen LogP contribution in [0.3, 0.4) is 0 Å². The SMILES string of the molecule is OB(O)c1cc(F)ccc1CN1CCCC1C1CCCC1. The number of halogens is 1. The molecule has 0 bridgehead atoms. The number of hydrogen-bond acceptors (Lipinski definition) is 3. The van der Waals surface area contributed by atoms with Gasteiger partial charge in [-0.3, -0.25) is 4.90 Å². The van der Waals surface area contributed by atoms with Crippen LogP contribution in [0.1, 0.15) is 44.1 Å². The molecule has 5 heteroatoms. The van der Waals surface area contributed by atoms with Crippen molar-refractivity contribution in [3.63, 3.8) is 0 Å². The van der Waals surface area contributed by atoms with Crippen LogP contribution in [0.5, 0.6) is 0 Å². The van der Waals surface area contributed by atoms with Crippen molar-refractivity contribution in [2.75, 3.05) is 6.54 Å². The second-order valence-corrected chi connectivity index (χ2v) is 6.44. The monoisotopic (exact) mass is 291 g/mol. The zero-order chi connectivity index (χ0) is 14.8. The van der Waals surface area contributed by atoms with Crippen molar-refractivity contribution in [1.29, 1.82) is 0 Å². The van der Waals surface area contributed by atoms with E-state index in [0.29, 0.717) is 18.0 Å². The molecule has 3 nitrogen and oxygen atoms in total. The molecule has 2 aliphatic rings. The molecular formula is C16H23BFNO2. The van der Waals surface area contributed by atoms with Gasteiger partial charge in [0, 0.05) is 12.6 Å². The molecule has 21 heavy (non-hydrogen) atoms. The minimum atomic E-state index is -1.61. The summed E-state index contributed by atoms with van der Waals surface area (Å²) in [6.07, 6.45) is 7.76. The Morgan fingerprint density at radius 3 is 2.62 bits per heavy atom. The van der Waals surface area contributed by atoms with Gasteiger partial charge in [0.25, 0.3) is 0 Å². The highest BCUT2D eigenvalue weighted by molar-refractivity contribution is 6.59. The van der Waals surface area contributed by atoms with Crippen LogP contribution in [0, 0.1) is 11.7 Å². The first-order valence-corrected chi connectivity index (χ1v) is 8.03. The number of rotatable bonds is 4. The molecule has 1 aromatic carbocycles. The third-order valence-electron chi connectivity index (χ3n) is 5.12. The van der Waals surface area contributed by atoms with Crippen LogP contribution in [-0.2, 0) is 6.54 Å². The van der Waals surface area contributed by atoms with Gasteiger partial charge < -0.3 is 10.0 Å². The Morgan fingerprint density at radius 2 is 1.90 bits per heavy atom. The van der Waals surface area contributed by atoms with Crippen molar-refractivity contribution in [1.82, 2.24) is 4.90 Å². The average molecular weight is 291 g/mol. The summed E-state index contributed by atoms with van der Waals surface area (Å²) in [7, 11) is -1.61. The molecule has 1 saturated heterocycles. The average Bonchev–Trinajstić information content (AvgIpc) is 3.11. The van der Waals surface area contributed by atoms with Crippen molar-refractivity contribution >= 4 is 12.6 Å². The van der Waals surface area contributed by atoms with E-state index in [0.717, 1.165) is 18.0 Å². The van der Waals surface area contributed by atoms with Crippen LogP contribution in [0.15, 0.2) is 18.2 Å². The summed E-state index contributed by atoms with van der Waals surface area (Å²) in [5.41, 5.74) is 1.13. The summed E-state index contributed by atoms with van der Waals surface area (Å²) in [6.45, 7) is 1.74. The van der Waals surface area contributed by atoms with E-state index < -0.39 is 12.9 Å². The molecule has 0 amide bonds. The van der Waals surface area contributed by atoms with Gasteiger partial charge in [-0.1, -0.05) is 18.9 Å². The lowest BCUT2D eigenvalue weighted by Gasteiger charge is -2.30. The van der Waals surface area contributed by atoms with E-state index in [1.165, 1.54) is 50.7 Å². The predicted molar refractivity (Wildman–Crippen MR) is 81.6 cm³/mol. The lowest BCUT2D eigenvalue weighted by Crippen LogP contribution is -2.39. The van der Waals surface area contributed by atoms with E-state index in [2.05, 4.69) is 4.90 Å². The fourth-order valence-electron chi connectivity index (χ4n) is 4.09. The molecule has 1 atom stereocenters. The third-order valence-corrected chi connectivity index (χ3v) is 5.12. The highest BCUT2D eigenvalue weighted by Gasteiger charge is 2.33. The Bertz CT molecular complexity index is 491. The van der Waals surface area contributed by atoms with Gasteiger partial charge >= 0.3 is 7.12 Å². The van der Waals surface area contributed by atoms with E-state index in [-0.39, 0.29) is 0 Å². The second kappa shape index (κ2) is 6.47. The molecule has 3 rings (SSSR count). The first-order chi connectivity index (χ1) is 10.1. The van der Waals surface area contributed by atoms with Crippen LogP contribution in [0.4, 0.5) is 4.39 Å². The first-order valence-electron chi connectivity index (χ1n) is 8.03. The summed E-state index contributed by atoms with van der Waals surface area (Å²) in [4.78, 5) is 2.45. The minimum absolute atomic E-state index is 0.298. The van der Waals surface area contributed by atoms with Crippen molar-refractivity contribution < 1.29 is 14.4 Å². The molecule has 2 fully saturated rings. The van der Waals surface area contributed by atoms with Gasteiger partial charge in [-0.15, -0.1) is 0 Å². The predicted octanol–water partition coefficient (Wildman–Crippen LogP) is 1.66. The summed E-state index contributed by atoms with van der Waals surface area (Å²) in [6, 6.07) is 4.94. The molecule has 0 aromatic heterocycles. The molecule has 1 aliphatic heterocycles. The molecule has 1 aromatic rings. The van der Waals surface area contributed by atoms with Crippen molar-refractivity contribution in [3.8, 4) is 0 Å². The summed E-state index contributed by atoms with van der Waals surface area (Å²) < 4.78 is 13.3. The smallest absolute Gasteiger partial charge is 0.423 e. The molecule has 1 unspecified atom stereocenters.